The summed E-state index contributed by atoms with van der Waals surface area (Å²) < 4.78 is 0. The molecule has 124 valence electrons. The first-order chi connectivity index (χ1) is 10.4. The van der Waals surface area contributed by atoms with E-state index in [2.05, 4.69) is 0 Å². The van der Waals surface area contributed by atoms with E-state index in [1.54, 1.807) is 9.80 Å². The number of fused-ring (bicyclic) bond motifs is 2. The maximum atomic E-state index is 12.1. The van der Waals surface area contributed by atoms with Gasteiger partial charge in [0.15, 0.2) is 0 Å². The van der Waals surface area contributed by atoms with Crippen LogP contribution in [0.2, 0.25) is 0 Å². The molecule has 0 radical (unpaired) electrons. The molecule has 8 heteroatoms. The highest BCUT2D eigenvalue weighted by Crippen LogP contribution is 2.27. The third kappa shape index (κ3) is 3.21. The highest BCUT2D eigenvalue weighted by molar-refractivity contribution is 5.77. The maximum absolute atomic E-state index is 12.1. The highest BCUT2D eigenvalue weighted by atomic mass is 16.6. The summed E-state index contributed by atoms with van der Waals surface area (Å²) in [6, 6.07) is 0. The van der Waals surface area contributed by atoms with Gasteiger partial charge in [0.05, 0.1) is 33.0 Å². The summed E-state index contributed by atoms with van der Waals surface area (Å²) in [7, 11) is 0. The Morgan fingerprint density at radius 3 is 1.82 bits per heavy atom. The number of rotatable bonds is 5. The van der Waals surface area contributed by atoms with E-state index in [1.807, 2.05) is 18.7 Å². The molecule has 2 heterocycles. The van der Waals surface area contributed by atoms with E-state index in [4.69, 9.17) is 0 Å². The van der Waals surface area contributed by atoms with Crippen LogP contribution in [0.4, 0.5) is 0 Å². The summed E-state index contributed by atoms with van der Waals surface area (Å²) in [6.45, 7) is 5.03. The average molecular weight is 312 g/mol. The number of hydrogen-bond donors (Lipinski definition) is 0. The fraction of sp³-hybridized carbons (Fsp3) is 0.857. The molecule has 0 unspecified atom stereocenters. The van der Waals surface area contributed by atoms with Crippen molar-refractivity contribution in [3.8, 4) is 0 Å². The number of carbonyl (C=O) groups excluding carboxylic acids is 2. The van der Waals surface area contributed by atoms with Crippen LogP contribution in [0.5, 0.6) is 0 Å². The second kappa shape index (κ2) is 6.60. The zero-order valence-electron chi connectivity index (χ0n) is 13.3. The van der Waals surface area contributed by atoms with E-state index < -0.39 is 5.54 Å². The van der Waals surface area contributed by atoms with Crippen LogP contribution >= 0.6 is 0 Å². The van der Waals surface area contributed by atoms with Gasteiger partial charge in [-0.1, -0.05) is 13.8 Å². The summed E-state index contributed by atoms with van der Waals surface area (Å²) >= 11 is 0. The third-order valence-corrected chi connectivity index (χ3v) is 4.25. The second-order valence-electron chi connectivity index (χ2n) is 6.28. The number of hydrogen-bond acceptors (Lipinski definition) is 5. The van der Waals surface area contributed by atoms with Gasteiger partial charge in [0.1, 0.15) is 0 Å². The van der Waals surface area contributed by atoms with Crippen LogP contribution < -0.4 is 0 Å². The van der Waals surface area contributed by atoms with Crippen LogP contribution in [-0.4, -0.2) is 69.9 Å². The van der Waals surface area contributed by atoms with Crippen LogP contribution in [-0.2, 0) is 9.59 Å². The molecule has 0 aromatic rings. The van der Waals surface area contributed by atoms with Crippen molar-refractivity contribution in [3.05, 3.63) is 10.1 Å². The van der Waals surface area contributed by atoms with Crippen molar-refractivity contribution in [2.24, 2.45) is 0 Å². The van der Waals surface area contributed by atoms with Crippen molar-refractivity contribution >= 4 is 11.8 Å². The van der Waals surface area contributed by atoms with Crippen molar-refractivity contribution in [3.63, 3.8) is 0 Å². The molecule has 2 aliphatic rings. The molecule has 2 aliphatic heterocycles. The number of amides is 2. The lowest BCUT2D eigenvalue weighted by Gasteiger charge is -2.49. The number of nitrogens with zero attached hydrogens (tertiary/aromatic N) is 4. The van der Waals surface area contributed by atoms with Crippen LogP contribution in [0.3, 0.4) is 0 Å². The van der Waals surface area contributed by atoms with Gasteiger partial charge in [0, 0.05) is 17.8 Å². The van der Waals surface area contributed by atoms with Crippen molar-refractivity contribution < 1.29 is 14.5 Å². The average Bonchev–Trinajstić information content (AvgIpc) is 2.46. The molecule has 0 aromatic carbocycles. The molecule has 0 atom stereocenters. The van der Waals surface area contributed by atoms with E-state index >= 15 is 0 Å². The monoisotopic (exact) mass is 312 g/mol. The Kier molecular flexibility index (Phi) is 5.00. The smallest absolute Gasteiger partial charge is 0.269 e. The Bertz CT molecular complexity index is 438. The van der Waals surface area contributed by atoms with Gasteiger partial charge < -0.3 is 9.80 Å². The lowest BCUT2D eigenvalue weighted by molar-refractivity contribution is -0.579. The van der Waals surface area contributed by atoms with Gasteiger partial charge in [-0.15, -0.1) is 0 Å². The van der Waals surface area contributed by atoms with Crippen LogP contribution in [0.25, 0.3) is 0 Å². The Labute approximate surface area is 130 Å². The van der Waals surface area contributed by atoms with Gasteiger partial charge in [-0.3, -0.25) is 24.6 Å². The molecule has 2 amide bonds. The Hall–Kier alpha value is -1.70. The molecule has 0 N–H and O–H groups in total. The van der Waals surface area contributed by atoms with Crippen molar-refractivity contribution in [2.75, 3.05) is 33.0 Å². The highest BCUT2D eigenvalue weighted by Gasteiger charge is 2.55. The second-order valence-corrected chi connectivity index (χ2v) is 6.28. The molecule has 8 nitrogen and oxygen atoms in total. The van der Waals surface area contributed by atoms with Gasteiger partial charge in [0.2, 0.25) is 11.8 Å². The molecule has 0 saturated carbocycles. The molecule has 0 aliphatic carbocycles. The summed E-state index contributed by atoms with van der Waals surface area (Å²) in [6.07, 6.45) is 2.25. The van der Waals surface area contributed by atoms with Gasteiger partial charge in [-0.05, 0) is 12.8 Å². The molecule has 2 bridgehead atoms. The summed E-state index contributed by atoms with van der Waals surface area (Å²) in [5, 5.41) is 11.6. The fourth-order valence-electron chi connectivity index (χ4n) is 3.26. The molecular formula is C14H24N4O4. The molecule has 22 heavy (non-hydrogen) atoms. The third-order valence-electron chi connectivity index (χ3n) is 4.25. The van der Waals surface area contributed by atoms with E-state index in [-0.39, 0.29) is 29.8 Å². The lowest BCUT2D eigenvalue weighted by Crippen LogP contribution is -2.73. The predicted molar refractivity (Wildman–Crippen MR) is 79.4 cm³/mol. The minimum Gasteiger partial charge on any atom is -0.322 e. The molecular weight excluding hydrogens is 288 g/mol. The standard InChI is InChI=1S/C14H24N4O4/c1-3-5-12(19)16-8-14(18(21)22)7-15(10-16)11-17(9-14)13(20)6-4-2/h3-11H2,1-2H3. The minimum absolute atomic E-state index is 0.0493. The first-order valence-corrected chi connectivity index (χ1v) is 7.84. The Balaban J connectivity index is 2.17. The van der Waals surface area contributed by atoms with Crippen molar-refractivity contribution in [1.82, 2.24) is 14.7 Å². The number of nitro groups is 1. The van der Waals surface area contributed by atoms with Gasteiger partial charge in [0.25, 0.3) is 5.54 Å². The Morgan fingerprint density at radius 1 is 1.00 bits per heavy atom. The van der Waals surface area contributed by atoms with Gasteiger partial charge in [-0.25, -0.2) is 0 Å². The Morgan fingerprint density at radius 2 is 1.45 bits per heavy atom. The van der Waals surface area contributed by atoms with E-state index in [0.29, 0.717) is 32.7 Å². The van der Waals surface area contributed by atoms with Crippen LogP contribution in [0.15, 0.2) is 0 Å². The summed E-state index contributed by atoms with van der Waals surface area (Å²) in [4.78, 5) is 40.5. The van der Waals surface area contributed by atoms with E-state index in [1.165, 1.54) is 0 Å². The van der Waals surface area contributed by atoms with Crippen molar-refractivity contribution in [1.29, 1.82) is 0 Å². The summed E-state index contributed by atoms with van der Waals surface area (Å²) in [5.74, 6) is -0.0986. The predicted octanol–water partition coefficient (Wildman–Crippen LogP) is 0.504. The van der Waals surface area contributed by atoms with E-state index in [0.717, 1.165) is 12.8 Å². The molecule has 2 saturated heterocycles. The van der Waals surface area contributed by atoms with Gasteiger partial charge >= 0.3 is 0 Å². The van der Waals surface area contributed by atoms with Crippen LogP contribution in [0, 0.1) is 10.1 Å². The minimum atomic E-state index is -1.26. The van der Waals surface area contributed by atoms with Crippen LogP contribution in [0.1, 0.15) is 39.5 Å². The zero-order chi connectivity index (χ0) is 16.3. The maximum Gasteiger partial charge on any atom is 0.269 e. The van der Waals surface area contributed by atoms with E-state index in [9.17, 15) is 19.7 Å². The summed E-state index contributed by atoms with van der Waals surface area (Å²) in [5.41, 5.74) is -1.26. The molecule has 2 fully saturated rings. The van der Waals surface area contributed by atoms with Gasteiger partial charge in [-0.2, -0.15) is 0 Å². The lowest BCUT2D eigenvalue weighted by atomic mass is 9.93. The fourth-order valence-corrected chi connectivity index (χ4v) is 3.26. The number of carbonyl (C=O) groups is 2. The SMILES string of the molecule is CCCC(=O)N1CN2CN(C(=O)CCC)CC([N+](=O)[O-])(C2)C1. The normalized spacial score (nSPS) is 27.6. The largest absolute Gasteiger partial charge is 0.322 e. The topological polar surface area (TPSA) is 87.0 Å². The van der Waals surface area contributed by atoms with Crippen molar-refractivity contribution in [2.45, 2.75) is 45.1 Å². The molecule has 0 spiro atoms. The first kappa shape index (κ1) is 16.7. The zero-order valence-corrected chi connectivity index (χ0v) is 13.3. The quantitative estimate of drug-likeness (QED) is 0.545. The first-order valence-electron chi connectivity index (χ1n) is 7.84. The molecule has 2 rings (SSSR count). The molecule has 0 aromatic heterocycles.